The standard InChI is InChI=1S/C11H15NO2/c1-7(2)10-5-9(12-6-13)11(14-10)8(3)4/h5,7-8H,1-4H3. The highest BCUT2D eigenvalue weighted by atomic mass is 16.3. The summed E-state index contributed by atoms with van der Waals surface area (Å²) in [5.41, 5.74) is 0.610. The minimum Gasteiger partial charge on any atom is -0.463 e. The Morgan fingerprint density at radius 1 is 1.29 bits per heavy atom. The molecule has 3 heteroatoms. The molecule has 1 heterocycles. The first-order valence-corrected chi connectivity index (χ1v) is 4.77. The average Bonchev–Trinajstić information content (AvgIpc) is 2.49. The molecule has 0 aliphatic rings. The third kappa shape index (κ3) is 2.12. The van der Waals surface area contributed by atoms with Gasteiger partial charge in [0.2, 0.25) is 6.08 Å². The number of carbonyl (C=O) groups excluding carboxylic acids is 1. The second kappa shape index (κ2) is 4.25. The van der Waals surface area contributed by atoms with Crippen LogP contribution in [0.25, 0.3) is 0 Å². The average molecular weight is 193 g/mol. The van der Waals surface area contributed by atoms with E-state index in [-0.39, 0.29) is 5.92 Å². The van der Waals surface area contributed by atoms with Gasteiger partial charge in [-0.3, -0.25) is 0 Å². The van der Waals surface area contributed by atoms with Gasteiger partial charge in [-0.25, -0.2) is 4.79 Å². The fourth-order valence-corrected chi connectivity index (χ4v) is 1.25. The summed E-state index contributed by atoms with van der Waals surface area (Å²) in [4.78, 5) is 13.8. The Balaban J connectivity index is 3.18. The van der Waals surface area contributed by atoms with E-state index in [4.69, 9.17) is 4.42 Å². The van der Waals surface area contributed by atoms with E-state index in [0.29, 0.717) is 11.6 Å². The van der Waals surface area contributed by atoms with Gasteiger partial charge in [0.25, 0.3) is 0 Å². The number of isocyanates is 1. The third-order valence-electron chi connectivity index (χ3n) is 2.02. The van der Waals surface area contributed by atoms with Crippen molar-refractivity contribution < 1.29 is 9.21 Å². The van der Waals surface area contributed by atoms with Gasteiger partial charge in [-0.2, -0.15) is 4.99 Å². The molecule has 0 saturated heterocycles. The van der Waals surface area contributed by atoms with Crippen LogP contribution in [0.3, 0.4) is 0 Å². The van der Waals surface area contributed by atoms with Crippen molar-refractivity contribution in [1.82, 2.24) is 0 Å². The molecule has 0 atom stereocenters. The summed E-state index contributed by atoms with van der Waals surface area (Å²) >= 11 is 0. The minimum atomic E-state index is 0.231. The zero-order chi connectivity index (χ0) is 10.7. The maximum absolute atomic E-state index is 10.2. The lowest BCUT2D eigenvalue weighted by Gasteiger charge is -2.01. The Bertz CT molecular complexity index is 357. The van der Waals surface area contributed by atoms with E-state index < -0.39 is 0 Å². The fraction of sp³-hybridized carbons (Fsp3) is 0.545. The van der Waals surface area contributed by atoms with Crippen molar-refractivity contribution in [2.24, 2.45) is 4.99 Å². The molecule has 1 aromatic rings. The molecular formula is C11H15NO2. The molecule has 0 aromatic carbocycles. The topological polar surface area (TPSA) is 42.6 Å². The third-order valence-corrected chi connectivity index (χ3v) is 2.02. The molecule has 0 unspecified atom stereocenters. The molecule has 0 radical (unpaired) electrons. The second-order valence-electron chi connectivity index (χ2n) is 3.91. The predicted octanol–water partition coefficient (Wildman–Crippen LogP) is 3.49. The van der Waals surface area contributed by atoms with Crippen LogP contribution in [0.5, 0.6) is 0 Å². The minimum absolute atomic E-state index is 0.231. The summed E-state index contributed by atoms with van der Waals surface area (Å²) in [6.45, 7) is 8.09. The van der Waals surface area contributed by atoms with Crippen LogP contribution in [0.2, 0.25) is 0 Å². The Hall–Kier alpha value is -1.34. The van der Waals surface area contributed by atoms with Crippen LogP contribution in [0, 0.1) is 0 Å². The largest absolute Gasteiger partial charge is 0.463 e. The van der Waals surface area contributed by atoms with Gasteiger partial charge >= 0.3 is 0 Å². The van der Waals surface area contributed by atoms with Crippen LogP contribution < -0.4 is 0 Å². The summed E-state index contributed by atoms with van der Waals surface area (Å²) in [5, 5.41) is 0. The molecule has 0 fully saturated rings. The number of nitrogens with zero attached hydrogens (tertiary/aromatic N) is 1. The van der Waals surface area contributed by atoms with Crippen molar-refractivity contribution in [2.75, 3.05) is 0 Å². The smallest absolute Gasteiger partial charge is 0.240 e. The van der Waals surface area contributed by atoms with Gasteiger partial charge in [-0.05, 0) is 0 Å². The molecule has 0 amide bonds. The summed E-state index contributed by atoms with van der Waals surface area (Å²) in [6, 6.07) is 1.81. The van der Waals surface area contributed by atoms with Crippen LogP contribution in [0.1, 0.15) is 51.1 Å². The van der Waals surface area contributed by atoms with Gasteiger partial charge in [-0.15, -0.1) is 0 Å². The monoisotopic (exact) mass is 193 g/mol. The van der Waals surface area contributed by atoms with E-state index in [0.717, 1.165) is 11.5 Å². The summed E-state index contributed by atoms with van der Waals surface area (Å²) < 4.78 is 5.62. The van der Waals surface area contributed by atoms with Crippen LogP contribution in [-0.4, -0.2) is 6.08 Å². The van der Waals surface area contributed by atoms with Crippen molar-refractivity contribution >= 4 is 11.8 Å². The Labute approximate surface area is 83.8 Å². The van der Waals surface area contributed by atoms with Crippen molar-refractivity contribution in [3.63, 3.8) is 0 Å². The van der Waals surface area contributed by atoms with Gasteiger partial charge in [-0.1, -0.05) is 27.7 Å². The molecule has 3 nitrogen and oxygen atoms in total. The molecule has 0 aliphatic carbocycles. The first-order valence-electron chi connectivity index (χ1n) is 4.77. The van der Waals surface area contributed by atoms with Gasteiger partial charge in [0.05, 0.1) is 0 Å². The Morgan fingerprint density at radius 3 is 2.36 bits per heavy atom. The van der Waals surface area contributed by atoms with Gasteiger partial charge < -0.3 is 4.42 Å². The number of aliphatic imine (C=N–C) groups is 1. The van der Waals surface area contributed by atoms with Gasteiger partial charge in [0.1, 0.15) is 17.2 Å². The highest BCUT2D eigenvalue weighted by Gasteiger charge is 2.15. The molecular weight excluding hydrogens is 178 g/mol. The fourth-order valence-electron chi connectivity index (χ4n) is 1.25. The molecule has 0 saturated carbocycles. The normalized spacial score (nSPS) is 10.7. The Kier molecular flexibility index (Phi) is 3.26. The molecule has 1 aromatic heterocycles. The van der Waals surface area contributed by atoms with Crippen molar-refractivity contribution in [2.45, 2.75) is 39.5 Å². The lowest BCUT2D eigenvalue weighted by atomic mass is 10.1. The number of rotatable bonds is 3. The molecule has 0 spiro atoms. The SMILES string of the molecule is CC(C)c1cc(N=C=O)c(C(C)C)o1. The maximum Gasteiger partial charge on any atom is 0.240 e. The molecule has 0 aliphatic heterocycles. The van der Waals surface area contributed by atoms with Crippen molar-refractivity contribution in [3.8, 4) is 0 Å². The zero-order valence-electron chi connectivity index (χ0n) is 9.00. The van der Waals surface area contributed by atoms with Crippen molar-refractivity contribution in [3.05, 3.63) is 17.6 Å². The van der Waals surface area contributed by atoms with E-state index in [1.165, 1.54) is 0 Å². The predicted molar refractivity (Wildman–Crippen MR) is 54.7 cm³/mol. The summed E-state index contributed by atoms with van der Waals surface area (Å²) in [7, 11) is 0. The number of furan rings is 1. The first kappa shape index (κ1) is 10.7. The van der Waals surface area contributed by atoms with E-state index in [1.54, 1.807) is 6.08 Å². The lowest BCUT2D eigenvalue weighted by Crippen LogP contribution is -1.84. The van der Waals surface area contributed by atoms with Crippen LogP contribution >= 0.6 is 0 Å². The van der Waals surface area contributed by atoms with E-state index >= 15 is 0 Å². The lowest BCUT2D eigenvalue weighted by molar-refractivity contribution is 0.433. The maximum atomic E-state index is 10.2. The molecule has 76 valence electrons. The van der Waals surface area contributed by atoms with Crippen LogP contribution in [0.4, 0.5) is 5.69 Å². The van der Waals surface area contributed by atoms with Crippen molar-refractivity contribution in [1.29, 1.82) is 0 Å². The second-order valence-corrected chi connectivity index (χ2v) is 3.91. The van der Waals surface area contributed by atoms with E-state index in [9.17, 15) is 4.79 Å². The summed E-state index contributed by atoms with van der Waals surface area (Å²) in [5.74, 6) is 2.16. The first-order chi connectivity index (χ1) is 6.56. The van der Waals surface area contributed by atoms with Crippen LogP contribution in [0.15, 0.2) is 15.5 Å². The quantitative estimate of drug-likeness (QED) is 0.544. The van der Waals surface area contributed by atoms with Crippen LogP contribution in [-0.2, 0) is 4.79 Å². The number of hydrogen-bond donors (Lipinski definition) is 0. The highest BCUT2D eigenvalue weighted by Crippen LogP contribution is 2.33. The molecule has 1 rings (SSSR count). The van der Waals surface area contributed by atoms with E-state index in [2.05, 4.69) is 4.99 Å². The molecule has 0 bridgehead atoms. The highest BCUT2D eigenvalue weighted by molar-refractivity contribution is 5.52. The van der Waals surface area contributed by atoms with Gasteiger partial charge in [0, 0.05) is 17.9 Å². The number of hydrogen-bond acceptors (Lipinski definition) is 3. The molecule has 14 heavy (non-hydrogen) atoms. The van der Waals surface area contributed by atoms with E-state index in [1.807, 2.05) is 33.8 Å². The Morgan fingerprint density at radius 2 is 1.93 bits per heavy atom. The molecule has 0 N–H and O–H groups in total. The summed E-state index contributed by atoms with van der Waals surface area (Å²) in [6.07, 6.45) is 1.55. The zero-order valence-corrected chi connectivity index (χ0v) is 9.00. The van der Waals surface area contributed by atoms with Gasteiger partial charge in [0.15, 0.2) is 0 Å².